The molecule has 0 radical (unpaired) electrons. The first kappa shape index (κ1) is 17.9. The number of rotatable bonds is 3. The summed E-state index contributed by atoms with van der Waals surface area (Å²) in [6.45, 7) is 2.10. The first-order valence-electron chi connectivity index (χ1n) is 9.73. The van der Waals surface area contributed by atoms with Crippen LogP contribution in [0.3, 0.4) is 0 Å². The second-order valence-corrected chi connectivity index (χ2v) is 7.87. The van der Waals surface area contributed by atoms with Crippen LogP contribution in [-0.4, -0.2) is 15.9 Å². The maximum atomic E-state index is 6.09. The highest BCUT2D eigenvalue weighted by Crippen LogP contribution is 2.44. The quantitative estimate of drug-likeness (QED) is 0.410. The van der Waals surface area contributed by atoms with Crippen molar-refractivity contribution in [3.8, 4) is 11.3 Å². The van der Waals surface area contributed by atoms with Gasteiger partial charge in [-0.15, -0.1) is 0 Å². The number of halogens is 1. The number of nitrogens with one attached hydrogen (secondary N) is 1. The van der Waals surface area contributed by atoms with Crippen molar-refractivity contribution in [2.75, 3.05) is 0 Å². The number of hydrogen-bond donors (Lipinski definition) is 1. The molecular weight excluding hydrogens is 378 g/mol. The highest BCUT2D eigenvalue weighted by atomic mass is 35.5. The Morgan fingerprint density at radius 1 is 0.862 bits per heavy atom. The summed E-state index contributed by atoms with van der Waals surface area (Å²) in [4.78, 5) is 4.93. The molecule has 1 aromatic heterocycles. The molecule has 4 heteroatoms. The Kier molecular flexibility index (Phi) is 4.53. The predicted molar refractivity (Wildman–Crippen MR) is 119 cm³/mol. The zero-order valence-corrected chi connectivity index (χ0v) is 16.8. The molecule has 0 spiro atoms. The van der Waals surface area contributed by atoms with Crippen LogP contribution in [0.15, 0.2) is 83.9 Å². The number of benzene rings is 3. The molecule has 2 heterocycles. The molecule has 0 saturated heterocycles. The fraction of sp³-hybridized carbons (Fsp3) is 0.120. The van der Waals surface area contributed by atoms with Gasteiger partial charge in [-0.05, 0) is 30.2 Å². The molecule has 5 rings (SSSR count). The van der Waals surface area contributed by atoms with E-state index in [1.807, 2.05) is 24.3 Å². The van der Waals surface area contributed by atoms with Crippen molar-refractivity contribution in [3.05, 3.63) is 106 Å². The van der Waals surface area contributed by atoms with Crippen molar-refractivity contribution < 1.29 is 0 Å². The molecule has 1 aliphatic heterocycles. The lowest BCUT2D eigenvalue weighted by Crippen LogP contribution is -2.14. The van der Waals surface area contributed by atoms with Crippen LogP contribution in [0.4, 0.5) is 5.82 Å². The van der Waals surface area contributed by atoms with E-state index in [-0.39, 0.29) is 5.92 Å². The zero-order valence-electron chi connectivity index (χ0n) is 16.1. The van der Waals surface area contributed by atoms with Gasteiger partial charge >= 0.3 is 0 Å². The lowest BCUT2D eigenvalue weighted by molar-refractivity contribution is 0.842. The maximum Gasteiger partial charge on any atom is 0.178 e. The number of aliphatic imine (C=N–C) groups is 1. The number of aromatic amines is 1. The van der Waals surface area contributed by atoms with E-state index in [1.54, 1.807) is 0 Å². The first-order valence-corrected chi connectivity index (χ1v) is 10.1. The number of fused-ring (bicyclic) bond motifs is 1. The van der Waals surface area contributed by atoms with Gasteiger partial charge < -0.3 is 0 Å². The van der Waals surface area contributed by atoms with Gasteiger partial charge in [-0.3, -0.25) is 5.10 Å². The van der Waals surface area contributed by atoms with E-state index in [1.165, 1.54) is 11.1 Å². The molecule has 1 unspecified atom stereocenters. The lowest BCUT2D eigenvalue weighted by Gasteiger charge is -2.24. The summed E-state index contributed by atoms with van der Waals surface area (Å²) in [5, 5.41) is 8.54. The van der Waals surface area contributed by atoms with Crippen LogP contribution in [0.1, 0.15) is 34.6 Å². The fourth-order valence-corrected chi connectivity index (χ4v) is 4.09. The van der Waals surface area contributed by atoms with Crippen LogP contribution in [0.25, 0.3) is 11.3 Å². The minimum Gasteiger partial charge on any atom is -0.275 e. The minimum atomic E-state index is 0.185. The number of nitrogens with zero attached hydrogens (tertiary/aromatic N) is 2. The van der Waals surface area contributed by atoms with Crippen molar-refractivity contribution in [2.45, 2.75) is 19.3 Å². The number of aromatic nitrogens is 2. The lowest BCUT2D eigenvalue weighted by atomic mass is 9.82. The molecule has 142 valence electrons. The summed E-state index contributed by atoms with van der Waals surface area (Å²) < 4.78 is 0. The van der Waals surface area contributed by atoms with Crippen molar-refractivity contribution in [1.82, 2.24) is 10.2 Å². The minimum absolute atomic E-state index is 0.185. The Bertz CT molecular complexity index is 1170. The molecule has 3 nitrogen and oxygen atoms in total. The van der Waals surface area contributed by atoms with Crippen LogP contribution >= 0.6 is 11.6 Å². The molecular formula is C25H20ClN3. The largest absolute Gasteiger partial charge is 0.275 e. The number of hydrogen-bond acceptors (Lipinski definition) is 2. The fourth-order valence-electron chi connectivity index (χ4n) is 3.96. The zero-order chi connectivity index (χ0) is 19.8. The molecule has 3 aromatic carbocycles. The van der Waals surface area contributed by atoms with Crippen LogP contribution in [0.2, 0.25) is 5.02 Å². The standard InChI is InChI=1S/C25H20ClN3/c1-16-7-9-18(10-8-16)22-15-21(17-5-3-2-4-6-17)23-24(28-29-25(23)27-22)19-11-13-20(26)14-12-19/h2-14,21H,15H2,1H3,(H,28,29). The van der Waals surface area contributed by atoms with E-state index in [9.17, 15) is 0 Å². The van der Waals surface area contributed by atoms with E-state index in [2.05, 4.69) is 71.7 Å². The van der Waals surface area contributed by atoms with Crippen molar-refractivity contribution in [1.29, 1.82) is 0 Å². The van der Waals surface area contributed by atoms with Crippen LogP contribution in [0.5, 0.6) is 0 Å². The molecule has 29 heavy (non-hydrogen) atoms. The third-order valence-corrected chi connectivity index (χ3v) is 5.74. The van der Waals surface area contributed by atoms with Gasteiger partial charge in [0.25, 0.3) is 0 Å². The van der Waals surface area contributed by atoms with E-state index in [0.29, 0.717) is 0 Å². The van der Waals surface area contributed by atoms with Gasteiger partial charge in [0.2, 0.25) is 0 Å². The average molecular weight is 398 g/mol. The van der Waals surface area contributed by atoms with E-state index < -0.39 is 0 Å². The molecule has 1 aliphatic rings. The Morgan fingerprint density at radius 2 is 1.55 bits per heavy atom. The smallest absolute Gasteiger partial charge is 0.178 e. The van der Waals surface area contributed by atoms with Gasteiger partial charge in [0.05, 0.1) is 11.4 Å². The molecule has 0 fully saturated rings. The van der Waals surface area contributed by atoms with Gasteiger partial charge in [0.1, 0.15) is 0 Å². The van der Waals surface area contributed by atoms with Gasteiger partial charge in [-0.1, -0.05) is 83.9 Å². The summed E-state index contributed by atoms with van der Waals surface area (Å²) in [7, 11) is 0. The molecule has 0 saturated carbocycles. The van der Waals surface area contributed by atoms with Crippen LogP contribution in [0, 0.1) is 6.92 Å². The molecule has 1 N–H and O–H groups in total. The predicted octanol–water partition coefficient (Wildman–Crippen LogP) is 6.69. The Hall–Kier alpha value is -3.17. The number of H-pyrrole nitrogens is 1. The number of aryl methyl sites for hydroxylation is 1. The first-order chi connectivity index (χ1) is 14.2. The molecule has 1 atom stereocenters. The second-order valence-electron chi connectivity index (χ2n) is 7.43. The highest BCUT2D eigenvalue weighted by molar-refractivity contribution is 6.30. The van der Waals surface area contributed by atoms with E-state index in [4.69, 9.17) is 16.6 Å². The normalized spacial score (nSPS) is 15.7. The maximum absolute atomic E-state index is 6.09. The SMILES string of the molecule is Cc1ccc(C2=Nc3n[nH]c(-c4ccc(Cl)cc4)c3C(c3ccccc3)C2)cc1. The van der Waals surface area contributed by atoms with Gasteiger partial charge in [-0.25, -0.2) is 4.99 Å². The molecule has 0 aliphatic carbocycles. The summed E-state index contributed by atoms with van der Waals surface area (Å²) >= 11 is 6.09. The topological polar surface area (TPSA) is 41.0 Å². The Morgan fingerprint density at radius 3 is 2.28 bits per heavy atom. The Balaban J connectivity index is 1.67. The monoisotopic (exact) mass is 397 g/mol. The van der Waals surface area contributed by atoms with Crippen LogP contribution in [-0.2, 0) is 0 Å². The third-order valence-electron chi connectivity index (χ3n) is 5.49. The highest BCUT2D eigenvalue weighted by Gasteiger charge is 2.30. The summed E-state index contributed by atoms with van der Waals surface area (Å²) in [6, 6.07) is 27.0. The van der Waals surface area contributed by atoms with Crippen molar-refractivity contribution in [3.63, 3.8) is 0 Å². The van der Waals surface area contributed by atoms with Crippen LogP contribution < -0.4 is 0 Å². The third kappa shape index (κ3) is 3.39. The average Bonchev–Trinajstić information content (AvgIpc) is 3.19. The summed E-state index contributed by atoms with van der Waals surface area (Å²) in [5.41, 5.74) is 7.96. The van der Waals surface area contributed by atoms with Gasteiger partial charge in [0.15, 0.2) is 5.82 Å². The van der Waals surface area contributed by atoms with E-state index in [0.717, 1.165) is 45.4 Å². The van der Waals surface area contributed by atoms with E-state index >= 15 is 0 Å². The Labute approximate surface area is 175 Å². The molecule has 0 amide bonds. The summed E-state index contributed by atoms with van der Waals surface area (Å²) in [5.74, 6) is 0.954. The molecule has 4 aromatic rings. The summed E-state index contributed by atoms with van der Waals surface area (Å²) in [6.07, 6.45) is 0.834. The van der Waals surface area contributed by atoms with Crippen molar-refractivity contribution >= 4 is 23.1 Å². The second kappa shape index (κ2) is 7.34. The van der Waals surface area contributed by atoms with Crippen molar-refractivity contribution in [2.24, 2.45) is 4.99 Å². The van der Waals surface area contributed by atoms with Gasteiger partial charge in [-0.2, -0.15) is 5.10 Å². The van der Waals surface area contributed by atoms with Gasteiger partial charge in [0, 0.05) is 28.5 Å². The molecule has 0 bridgehead atoms.